The first kappa shape index (κ1) is 15.5. The molecule has 0 aliphatic heterocycles. The summed E-state index contributed by atoms with van der Waals surface area (Å²) in [4.78, 5) is 21.7. The summed E-state index contributed by atoms with van der Waals surface area (Å²) < 4.78 is 5.99. The topological polar surface area (TPSA) is 95.9 Å². The number of aliphatic hydroxyl groups excluding tert-OH is 1. The summed E-state index contributed by atoms with van der Waals surface area (Å²) in [6.07, 6.45) is -1.62. The zero-order valence-corrected chi connectivity index (χ0v) is 11.8. The number of aliphatic carboxylic acids is 1. The standard InChI is InChI=1S/C12H14BrNO5/c1-7-2-3-10(8(13)4-7)19-6-11(16)14-5-9(15)12(17)18/h2-4,9,15H,5-6H2,1H3,(H,14,16)(H,17,18)/t9-/m0/s1. The minimum atomic E-state index is -1.62. The third-order valence-electron chi connectivity index (χ3n) is 2.22. The number of hydrogen-bond acceptors (Lipinski definition) is 4. The van der Waals surface area contributed by atoms with Crippen molar-refractivity contribution in [3.8, 4) is 5.75 Å². The molecule has 1 amide bonds. The van der Waals surface area contributed by atoms with Gasteiger partial charge in [0.25, 0.3) is 5.91 Å². The van der Waals surface area contributed by atoms with Crippen LogP contribution in [0.4, 0.5) is 0 Å². The Bertz CT molecular complexity index is 477. The van der Waals surface area contributed by atoms with Gasteiger partial charge in [-0.2, -0.15) is 0 Å². The average molecular weight is 332 g/mol. The molecule has 0 saturated carbocycles. The summed E-state index contributed by atoms with van der Waals surface area (Å²) in [5.41, 5.74) is 1.05. The number of nitrogens with one attached hydrogen (secondary N) is 1. The Kier molecular flexibility index (Phi) is 5.78. The highest BCUT2D eigenvalue weighted by molar-refractivity contribution is 9.10. The lowest BCUT2D eigenvalue weighted by molar-refractivity contribution is -0.146. The van der Waals surface area contributed by atoms with Crippen LogP contribution in [0, 0.1) is 6.92 Å². The molecule has 0 aliphatic carbocycles. The number of ether oxygens (including phenoxy) is 1. The fourth-order valence-corrected chi connectivity index (χ4v) is 1.82. The number of rotatable bonds is 6. The molecule has 0 heterocycles. The quantitative estimate of drug-likeness (QED) is 0.713. The lowest BCUT2D eigenvalue weighted by atomic mass is 10.2. The highest BCUT2D eigenvalue weighted by Crippen LogP contribution is 2.25. The van der Waals surface area contributed by atoms with Crippen molar-refractivity contribution in [3.05, 3.63) is 28.2 Å². The molecule has 0 radical (unpaired) electrons. The molecule has 0 saturated heterocycles. The number of aliphatic hydroxyl groups is 1. The average Bonchev–Trinajstić information content (AvgIpc) is 2.34. The van der Waals surface area contributed by atoms with E-state index in [1.807, 2.05) is 19.1 Å². The number of carboxylic acid groups (broad SMARTS) is 1. The Morgan fingerprint density at radius 3 is 2.74 bits per heavy atom. The van der Waals surface area contributed by atoms with E-state index in [1.165, 1.54) is 0 Å². The number of carboxylic acids is 1. The van der Waals surface area contributed by atoms with Crippen LogP contribution in [0.25, 0.3) is 0 Å². The molecular formula is C12H14BrNO5. The molecule has 0 aromatic heterocycles. The minimum Gasteiger partial charge on any atom is -0.483 e. The van der Waals surface area contributed by atoms with Gasteiger partial charge in [0.05, 0.1) is 11.0 Å². The van der Waals surface area contributed by atoms with E-state index in [0.717, 1.165) is 10.0 Å². The van der Waals surface area contributed by atoms with Gasteiger partial charge in [0.15, 0.2) is 12.7 Å². The smallest absolute Gasteiger partial charge is 0.334 e. The molecule has 19 heavy (non-hydrogen) atoms. The summed E-state index contributed by atoms with van der Waals surface area (Å²) in [5, 5.41) is 19.7. The molecule has 0 bridgehead atoms. The van der Waals surface area contributed by atoms with Crippen molar-refractivity contribution in [2.45, 2.75) is 13.0 Å². The van der Waals surface area contributed by atoms with E-state index < -0.39 is 18.0 Å². The van der Waals surface area contributed by atoms with Crippen molar-refractivity contribution >= 4 is 27.8 Å². The maximum Gasteiger partial charge on any atom is 0.334 e. The highest BCUT2D eigenvalue weighted by Gasteiger charge is 2.14. The van der Waals surface area contributed by atoms with Crippen LogP contribution >= 0.6 is 15.9 Å². The number of carbonyl (C=O) groups excluding carboxylic acids is 1. The van der Waals surface area contributed by atoms with Crippen LogP contribution in [0.1, 0.15) is 5.56 Å². The number of benzene rings is 1. The van der Waals surface area contributed by atoms with Crippen LogP contribution in [0.2, 0.25) is 0 Å². The van der Waals surface area contributed by atoms with Gasteiger partial charge < -0.3 is 20.3 Å². The first-order valence-corrected chi connectivity index (χ1v) is 6.26. The van der Waals surface area contributed by atoms with Gasteiger partial charge in [-0.3, -0.25) is 4.79 Å². The lowest BCUT2D eigenvalue weighted by Crippen LogP contribution is -2.38. The second kappa shape index (κ2) is 7.10. The Balaban J connectivity index is 2.40. The molecule has 1 atom stereocenters. The van der Waals surface area contributed by atoms with Crippen molar-refractivity contribution in [2.24, 2.45) is 0 Å². The Morgan fingerprint density at radius 2 is 2.16 bits per heavy atom. The highest BCUT2D eigenvalue weighted by atomic mass is 79.9. The van der Waals surface area contributed by atoms with Crippen LogP contribution in [-0.4, -0.2) is 41.3 Å². The molecule has 0 fully saturated rings. The van der Waals surface area contributed by atoms with Crippen LogP contribution < -0.4 is 10.1 Å². The van der Waals surface area contributed by atoms with Gasteiger partial charge in [-0.05, 0) is 40.5 Å². The SMILES string of the molecule is Cc1ccc(OCC(=O)NC[C@H](O)C(=O)O)c(Br)c1. The number of hydrogen-bond donors (Lipinski definition) is 3. The largest absolute Gasteiger partial charge is 0.483 e. The molecule has 0 aliphatic rings. The second-order valence-electron chi connectivity index (χ2n) is 3.88. The Labute approximate surface area is 118 Å². The van der Waals surface area contributed by atoms with Gasteiger partial charge in [0.1, 0.15) is 5.75 Å². The van der Waals surface area contributed by atoms with Crippen LogP contribution in [-0.2, 0) is 9.59 Å². The summed E-state index contributed by atoms with van der Waals surface area (Å²) in [5.74, 6) is -1.38. The molecule has 1 rings (SSSR count). The Hall–Kier alpha value is -1.60. The minimum absolute atomic E-state index is 0.256. The van der Waals surface area contributed by atoms with E-state index in [4.69, 9.17) is 14.9 Å². The molecular weight excluding hydrogens is 318 g/mol. The van der Waals surface area contributed by atoms with Gasteiger partial charge in [-0.1, -0.05) is 6.07 Å². The first-order valence-electron chi connectivity index (χ1n) is 5.46. The number of carbonyl (C=O) groups is 2. The summed E-state index contributed by atoms with van der Waals surface area (Å²) in [6, 6.07) is 5.41. The van der Waals surface area contributed by atoms with Crippen molar-refractivity contribution in [1.29, 1.82) is 0 Å². The van der Waals surface area contributed by atoms with E-state index >= 15 is 0 Å². The van der Waals surface area contributed by atoms with E-state index in [1.54, 1.807) is 6.07 Å². The van der Waals surface area contributed by atoms with Crippen LogP contribution in [0.5, 0.6) is 5.75 Å². The summed E-state index contributed by atoms with van der Waals surface area (Å²) in [6.45, 7) is 1.31. The van der Waals surface area contributed by atoms with Crippen molar-refractivity contribution in [3.63, 3.8) is 0 Å². The van der Waals surface area contributed by atoms with Gasteiger partial charge >= 0.3 is 5.97 Å². The van der Waals surface area contributed by atoms with Gasteiger partial charge in [0, 0.05) is 0 Å². The van der Waals surface area contributed by atoms with E-state index in [0.29, 0.717) is 5.75 Å². The third kappa shape index (κ3) is 5.27. The summed E-state index contributed by atoms with van der Waals surface area (Å²) >= 11 is 3.30. The number of halogens is 1. The van der Waals surface area contributed by atoms with Crippen LogP contribution in [0.3, 0.4) is 0 Å². The monoisotopic (exact) mass is 331 g/mol. The number of amides is 1. The van der Waals surface area contributed by atoms with Gasteiger partial charge in [-0.15, -0.1) is 0 Å². The lowest BCUT2D eigenvalue weighted by Gasteiger charge is -2.10. The molecule has 6 nitrogen and oxygen atoms in total. The normalized spacial score (nSPS) is 11.7. The van der Waals surface area contributed by atoms with E-state index in [9.17, 15) is 9.59 Å². The first-order chi connectivity index (χ1) is 8.90. The van der Waals surface area contributed by atoms with Crippen molar-refractivity contribution in [1.82, 2.24) is 5.32 Å². The molecule has 0 unspecified atom stereocenters. The van der Waals surface area contributed by atoms with E-state index in [2.05, 4.69) is 21.2 Å². The van der Waals surface area contributed by atoms with E-state index in [-0.39, 0.29) is 13.2 Å². The molecule has 104 valence electrons. The summed E-state index contributed by atoms with van der Waals surface area (Å²) in [7, 11) is 0. The third-order valence-corrected chi connectivity index (χ3v) is 2.84. The fraction of sp³-hybridized carbons (Fsp3) is 0.333. The zero-order valence-electron chi connectivity index (χ0n) is 10.2. The fourth-order valence-electron chi connectivity index (χ4n) is 1.22. The molecule has 7 heteroatoms. The van der Waals surface area contributed by atoms with Crippen molar-refractivity contribution in [2.75, 3.05) is 13.2 Å². The Morgan fingerprint density at radius 1 is 1.47 bits per heavy atom. The molecule has 1 aromatic carbocycles. The van der Waals surface area contributed by atoms with Crippen LogP contribution in [0.15, 0.2) is 22.7 Å². The van der Waals surface area contributed by atoms with Gasteiger partial charge in [-0.25, -0.2) is 4.79 Å². The zero-order chi connectivity index (χ0) is 14.4. The molecule has 3 N–H and O–H groups in total. The predicted molar refractivity (Wildman–Crippen MR) is 71.0 cm³/mol. The predicted octanol–water partition coefficient (Wildman–Crippen LogP) is 0.698. The maximum absolute atomic E-state index is 11.4. The maximum atomic E-state index is 11.4. The van der Waals surface area contributed by atoms with Crippen molar-refractivity contribution < 1.29 is 24.5 Å². The second-order valence-corrected chi connectivity index (χ2v) is 4.74. The molecule has 1 aromatic rings. The number of aryl methyl sites for hydroxylation is 1. The van der Waals surface area contributed by atoms with Gasteiger partial charge in [0.2, 0.25) is 0 Å². The molecule has 0 spiro atoms.